The highest BCUT2D eigenvalue weighted by Gasteiger charge is 2.28. The molecule has 0 spiro atoms. The largest absolute Gasteiger partial charge is 0.339 e. The summed E-state index contributed by atoms with van der Waals surface area (Å²) in [6, 6.07) is 0. The number of hydrogen-bond acceptors (Lipinski definition) is 2. The summed E-state index contributed by atoms with van der Waals surface area (Å²) < 4.78 is -1.64. The lowest BCUT2D eigenvalue weighted by molar-refractivity contribution is -0.110. The molecule has 3 nitrogen and oxygen atoms in total. The minimum absolute atomic E-state index is 0.368. The highest BCUT2D eigenvalue weighted by Crippen LogP contribution is 2.27. The lowest BCUT2D eigenvalue weighted by atomic mass is 10.6. The van der Waals surface area contributed by atoms with E-state index < -0.39 is 9.96 Å². The minimum atomic E-state index is -1.64. The average molecular weight is 191 g/mol. The van der Waals surface area contributed by atoms with Crippen molar-refractivity contribution in [1.82, 2.24) is 5.32 Å². The van der Waals surface area contributed by atoms with Gasteiger partial charge in [-0.2, -0.15) is 0 Å². The molecule has 0 rings (SSSR count). The van der Waals surface area contributed by atoms with Gasteiger partial charge in [0.15, 0.2) is 0 Å². The number of carbonyl (C=O) groups excluding carboxylic acids is 1. The molecule has 0 saturated heterocycles. The number of halogens is 3. The third kappa shape index (κ3) is 3.81. The molecule has 0 saturated carbocycles. The fraction of sp³-hybridized carbons (Fsp3) is 0.667. The number of carbonyl (C=O) groups is 1. The molecule has 0 aliphatic rings. The van der Waals surface area contributed by atoms with Crippen LogP contribution < -0.4 is 11.1 Å². The molecule has 0 bridgehead atoms. The quantitative estimate of drug-likeness (QED) is 0.377. The summed E-state index contributed by atoms with van der Waals surface area (Å²) in [5.41, 5.74) is 5.12. The van der Waals surface area contributed by atoms with Gasteiger partial charge in [0.1, 0.15) is 6.17 Å². The number of rotatable bonds is 2. The van der Waals surface area contributed by atoms with Gasteiger partial charge in [0.05, 0.1) is 0 Å². The second-order valence-corrected chi connectivity index (χ2v) is 3.67. The molecule has 1 amide bonds. The normalized spacial score (nSPS) is 14.7. The monoisotopic (exact) mass is 190 g/mol. The number of hydrogen-bond donors (Lipinski definition) is 2. The van der Waals surface area contributed by atoms with Crippen LogP contribution in [0.3, 0.4) is 0 Å². The zero-order valence-electron chi connectivity index (χ0n) is 4.27. The summed E-state index contributed by atoms with van der Waals surface area (Å²) in [6.07, 6.45) is -0.591. The van der Waals surface area contributed by atoms with Crippen LogP contribution >= 0.6 is 34.8 Å². The van der Waals surface area contributed by atoms with Gasteiger partial charge >= 0.3 is 0 Å². The van der Waals surface area contributed by atoms with Crippen molar-refractivity contribution in [1.29, 1.82) is 0 Å². The van der Waals surface area contributed by atoms with Crippen molar-refractivity contribution in [3.63, 3.8) is 0 Å². The number of nitrogens with two attached hydrogens (primary N) is 1. The Balaban J connectivity index is 3.72. The molecule has 0 aromatic rings. The summed E-state index contributed by atoms with van der Waals surface area (Å²) in [5, 5.41) is 2.09. The Morgan fingerprint density at radius 3 is 2.11 bits per heavy atom. The fourth-order valence-electron chi connectivity index (χ4n) is 0.168. The van der Waals surface area contributed by atoms with E-state index in [2.05, 4.69) is 5.32 Å². The van der Waals surface area contributed by atoms with Crippen molar-refractivity contribution in [3.8, 4) is 0 Å². The summed E-state index contributed by atoms with van der Waals surface area (Å²) >= 11 is 15.7. The van der Waals surface area contributed by atoms with Crippen molar-refractivity contribution in [3.05, 3.63) is 0 Å². The highest BCUT2D eigenvalue weighted by molar-refractivity contribution is 6.68. The maximum absolute atomic E-state index is 9.69. The Bertz CT molecular complexity index is 102. The molecule has 9 heavy (non-hydrogen) atoms. The van der Waals surface area contributed by atoms with Gasteiger partial charge < -0.3 is 11.1 Å². The first-order chi connectivity index (χ1) is 3.98. The van der Waals surface area contributed by atoms with Crippen LogP contribution in [0.25, 0.3) is 0 Å². The lowest BCUT2D eigenvalue weighted by Gasteiger charge is -2.17. The topological polar surface area (TPSA) is 55.1 Å². The van der Waals surface area contributed by atoms with Crippen LogP contribution in [-0.2, 0) is 4.79 Å². The molecule has 3 N–H and O–H groups in total. The Morgan fingerprint density at radius 1 is 1.56 bits per heavy atom. The summed E-state index contributed by atoms with van der Waals surface area (Å²) in [5.74, 6) is 0. The van der Waals surface area contributed by atoms with Gasteiger partial charge in [-0.05, 0) is 0 Å². The van der Waals surface area contributed by atoms with E-state index in [0.717, 1.165) is 0 Å². The fourth-order valence-corrected chi connectivity index (χ4v) is 0.357. The van der Waals surface area contributed by atoms with Crippen LogP contribution in [0, 0.1) is 0 Å². The zero-order chi connectivity index (χ0) is 7.49. The van der Waals surface area contributed by atoms with Crippen LogP contribution in [0.15, 0.2) is 0 Å². The van der Waals surface area contributed by atoms with Crippen LogP contribution in [0.1, 0.15) is 0 Å². The molecule has 0 aliphatic carbocycles. The van der Waals surface area contributed by atoms with Crippen LogP contribution in [0.5, 0.6) is 0 Å². The van der Waals surface area contributed by atoms with Crippen molar-refractivity contribution >= 4 is 41.2 Å². The van der Waals surface area contributed by atoms with Gasteiger partial charge in [-0.25, -0.2) is 0 Å². The van der Waals surface area contributed by atoms with Gasteiger partial charge in [0.2, 0.25) is 10.2 Å². The second-order valence-electron chi connectivity index (χ2n) is 1.30. The van der Waals surface area contributed by atoms with E-state index in [1.807, 2.05) is 0 Å². The van der Waals surface area contributed by atoms with Crippen molar-refractivity contribution in [2.75, 3.05) is 0 Å². The van der Waals surface area contributed by atoms with Gasteiger partial charge in [0.25, 0.3) is 0 Å². The first kappa shape index (κ1) is 9.30. The standard InChI is InChI=1S/C3H5Cl3N2O/c4-3(5,6)2(7)8-1-9/h1-2H,7H2,(H,8,9)/t2-/m1/s1. The van der Waals surface area contributed by atoms with E-state index in [1.165, 1.54) is 0 Å². The number of nitrogens with one attached hydrogen (secondary N) is 1. The lowest BCUT2D eigenvalue weighted by Crippen LogP contribution is -2.46. The summed E-state index contributed by atoms with van der Waals surface area (Å²) in [7, 11) is 0. The second kappa shape index (κ2) is 3.46. The van der Waals surface area contributed by atoms with E-state index in [-0.39, 0.29) is 0 Å². The average Bonchev–Trinajstić information content (AvgIpc) is 1.64. The smallest absolute Gasteiger partial charge is 0.223 e. The van der Waals surface area contributed by atoms with Crippen molar-refractivity contribution < 1.29 is 4.79 Å². The molecule has 0 aromatic carbocycles. The molecule has 0 radical (unpaired) electrons. The predicted molar refractivity (Wildman–Crippen MR) is 37.5 cm³/mol. The SMILES string of the molecule is N[C@H](NC=O)C(Cl)(Cl)Cl. The first-order valence-electron chi connectivity index (χ1n) is 2.00. The van der Waals surface area contributed by atoms with Gasteiger partial charge in [-0.3, -0.25) is 4.79 Å². The van der Waals surface area contributed by atoms with E-state index in [9.17, 15) is 4.79 Å². The van der Waals surface area contributed by atoms with E-state index in [0.29, 0.717) is 6.41 Å². The van der Waals surface area contributed by atoms with Gasteiger partial charge in [-0.1, -0.05) is 34.8 Å². The molecule has 1 atom stereocenters. The minimum Gasteiger partial charge on any atom is -0.339 e. The highest BCUT2D eigenvalue weighted by atomic mass is 35.6. The Morgan fingerprint density at radius 2 is 2.00 bits per heavy atom. The predicted octanol–water partition coefficient (Wildman–Crippen LogP) is 0.387. The molecular formula is C3H5Cl3N2O. The van der Waals surface area contributed by atoms with E-state index >= 15 is 0 Å². The molecule has 0 heterocycles. The zero-order valence-corrected chi connectivity index (χ0v) is 6.54. The summed E-state index contributed by atoms with van der Waals surface area (Å²) in [6.45, 7) is 0. The van der Waals surface area contributed by atoms with Crippen molar-refractivity contribution in [2.24, 2.45) is 5.73 Å². The molecule has 0 aliphatic heterocycles. The molecule has 0 unspecified atom stereocenters. The Kier molecular flexibility index (Phi) is 3.58. The maximum Gasteiger partial charge on any atom is 0.223 e. The van der Waals surface area contributed by atoms with Crippen LogP contribution in [0.4, 0.5) is 0 Å². The van der Waals surface area contributed by atoms with Crippen LogP contribution in [-0.4, -0.2) is 16.4 Å². The van der Waals surface area contributed by atoms with Gasteiger partial charge in [-0.15, -0.1) is 0 Å². The number of amides is 1. The summed E-state index contributed by atoms with van der Waals surface area (Å²) in [4.78, 5) is 9.69. The molecule has 54 valence electrons. The van der Waals surface area contributed by atoms with Crippen LogP contribution in [0.2, 0.25) is 0 Å². The molecule has 6 heteroatoms. The molecule has 0 fully saturated rings. The maximum atomic E-state index is 9.69. The Hall–Kier alpha value is 0.300. The third-order valence-corrected chi connectivity index (χ3v) is 1.31. The van der Waals surface area contributed by atoms with Gasteiger partial charge in [0, 0.05) is 0 Å². The molecule has 0 aromatic heterocycles. The Labute approximate surface area is 67.4 Å². The molecular weight excluding hydrogens is 186 g/mol. The first-order valence-corrected chi connectivity index (χ1v) is 3.14. The van der Waals surface area contributed by atoms with E-state index in [1.54, 1.807) is 0 Å². The van der Waals surface area contributed by atoms with E-state index in [4.69, 9.17) is 40.5 Å². The number of alkyl halides is 3. The third-order valence-electron chi connectivity index (χ3n) is 0.600. The van der Waals surface area contributed by atoms with Crippen molar-refractivity contribution in [2.45, 2.75) is 9.96 Å².